The second-order valence-corrected chi connectivity index (χ2v) is 6.87. The van der Waals surface area contributed by atoms with Crippen LogP contribution in [0.5, 0.6) is 0 Å². The molecule has 0 bridgehead atoms. The van der Waals surface area contributed by atoms with Crippen LogP contribution in [0.15, 0.2) is 60.7 Å². The Hall–Kier alpha value is -3.21. The van der Waals surface area contributed by atoms with Crippen molar-refractivity contribution in [3.63, 3.8) is 0 Å². The minimum Gasteiger partial charge on any atom is -0.347 e. The third kappa shape index (κ3) is 5.16. The highest BCUT2D eigenvalue weighted by atomic mass is 16.1. The molecule has 1 heterocycles. The first kappa shape index (κ1) is 19.5. The van der Waals surface area contributed by atoms with Crippen LogP contribution < -0.4 is 10.2 Å². The van der Waals surface area contributed by atoms with Crippen molar-refractivity contribution in [3.8, 4) is 0 Å². The number of hydrogen-bond donors (Lipinski definition) is 1. The summed E-state index contributed by atoms with van der Waals surface area (Å²) in [5.41, 5.74) is 4.59. The van der Waals surface area contributed by atoms with E-state index >= 15 is 0 Å². The van der Waals surface area contributed by atoms with Gasteiger partial charge in [-0.3, -0.25) is 4.79 Å². The van der Waals surface area contributed by atoms with Crippen LogP contribution in [0.25, 0.3) is 0 Å². The first-order valence-corrected chi connectivity index (χ1v) is 9.53. The molecule has 0 atom stereocenters. The third-order valence-electron chi connectivity index (χ3n) is 4.49. The van der Waals surface area contributed by atoms with Crippen molar-refractivity contribution in [3.05, 3.63) is 88.7 Å². The number of benzene rings is 2. The van der Waals surface area contributed by atoms with Gasteiger partial charge >= 0.3 is 0 Å². The molecule has 0 radical (unpaired) electrons. The maximum atomic E-state index is 12.7. The van der Waals surface area contributed by atoms with E-state index in [-0.39, 0.29) is 5.91 Å². The predicted octanol–water partition coefficient (Wildman–Crippen LogP) is 4.05. The smallest absolute Gasteiger partial charge is 0.270 e. The van der Waals surface area contributed by atoms with Gasteiger partial charge in [-0.15, -0.1) is 0 Å². The highest BCUT2D eigenvalue weighted by Gasteiger charge is 2.14. The van der Waals surface area contributed by atoms with Crippen LogP contribution in [0.3, 0.4) is 0 Å². The van der Waals surface area contributed by atoms with Gasteiger partial charge in [0.2, 0.25) is 5.95 Å². The molecule has 3 aromatic rings. The summed E-state index contributed by atoms with van der Waals surface area (Å²) in [7, 11) is 0. The van der Waals surface area contributed by atoms with E-state index in [1.807, 2.05) is 50.2 Å². The summed E-state index contributed by atoms with van der Waals surface area (Å²) < 4.78 is 0. The molecule has 1 aromatic heterocycles. The Labute approximate surface area is 166 Å². The van der Waals surface area contributed by atoms with Crippen LogP contribution in [0.2, 0.25) is 0 Å². The van der Waals surface area contributed by atoms with E-state index in [9.17, 15) is 4.79 Å². The summed E-state index contributed by atoms with van der Waals surface area (Å²) in [5, 5.41) is 2.96. The normalized spacial score (nSPS) is 10.5. The SMILES string of the molecule is CCN(Cc1ccccc1)c1nc(C)cc(C(=O)NCc2cccc(C)c2)n1. The van der Waals surface area contributed by atoms with Gasteiger partial charge in [-0.05, 0) is 38.0 Å². The average Bonchev–Trinajstić information content (AvgIpc) is 2.70. The van der Waals surface area contributed by atoms with Gasteiger partial charge in [-0.2, -0.15) is 0 Å². The number of carbonyl (C=O) groups excluding carboxylic acids is 1. The molecule has 28 heavy (non-hydrogen) atoms. The number of carbonyl (C=O) groups is 1. The molecule has 0 aliphatic rings. The molecule has 144 valence electrons. The van der Waals surface area contributed by atoms with Crippen LogP contribution in [0.1, 0.15) is 39.8 Å². The van der Waals surface area contributed by atoms with Crippen molar-refractivity contribution in [2.75, 3.05) is 11.4 Å². The van der Waals surface area contributed by atoms with Gasteiger partial charge in [0.15, 0.2) is 0 Å². The van der Waals surface area contributed by atoms with Gasteiger partial charge in [0.1, 0.15) is 5.69 Å². The molecule has 0 aliphatic heterocycles. The largest absolute Gasteiger partial charge is 0.347 e. The number of amides is 1. The van der Waals surface area contributed by atoms with Gasteiger partial charge in [-0.25, -0.2) is 9.97 Å². The van der Waals surface area contributed by atoms with Crippen LogP contribution in [0.4, 0.5) is 5.95 Å². The van der Waals surface area contributed by atoms with Crippen molar-refractivity contribution in [2.24, 2.45) is 0 Å². The lowest BCUT2D eigenvalue weighted by Crippen LogP contribution is -2.28. The molecular weight excluding hydrogens is 348 g/mol. The zero-order valence-electron chi connectivity index (χ0n) is 16.6. The van der Waals surface area contributed by atoms with Crippen LogP contribution in [-0.2, 0) is 13.1 Å². The van der Waals surface area contributed by atoms with E-state index in [1.165, 1.54) is 11.1 Å². The summed E-state index contributed by atoms with van der Waals surface area (Å²) in [6, 6.07) is 20.0. The predicted molar refractivity (Wildman–Crippen MR) is 112 cm³/mol. The lowest BCUT2D eigenvalue weighted by atomic mass is 10.1. The topological polar surface area (TPSA) is 58.1 Å². The minimum atomic E-state index is -0.191. The van der Waals surface area contributed by atoms with E-state index in [2.05, 4.69) is 45.3 Å². The summed E-state index contributed by atoms with van der Waals surface area (Å²) in [6.07, 6.45) is 0. The molecule has 5 nitrogen and oxygen atoms in total. The van der Waals surface area contributed by atoms with Gasteiger partial charge in [0.05, 0.1) is 0 Å². The van der Waals surface area contributed by atoms with E-state index < -0.39 is 0 Å². The van der Waals surface area contributed by atoms with Gasteiger partial charge in [-0.1, -0.05) is 60.2 Å². The fourth-order valence-corrected chi connectivity index (χ4v) is 3.03. The molecule has 0 aliphatic carbocycles. The number of rotatable bonds is 7. The number of aromatic nitrogens is 2. The summed E-state index contributed by atoms with van der Waals surface area (Å²) in [5.74, 6) is 0.385. The Morgan fingerprint density at radius 2 is 1.71 bits per heavy atom. The van der Waals surface area contributed by atoms with E-state index in [1.54, 1.807) is 6.07 Å². The van der Waals surface area contributed by atoms with Gasteiger partial charge in [0, 0.05) is 25.3 Å². The number of anilines is 1. The van der Waals surface area contributed by atoms with Crippen molar-refractivity contribution < 1.29 is 4.79 Å². The lowest BCUT2D eigenvalue weighted by Gasteiger charge is -2.21. The number of hydrogen-bond acceptors (Lipinski definition) is 4. The van der Waals surface area contributed by atoms with Crippen molar-refractivity contribution in [1.82, 2.24) is 15.3 Å². The molecule has 0 saturated carbocycles. The standard InChI is InChI=1S/C23H26N4O/c1-4-27(16-19-10-6-5-7-11-19)23-25-18(3)14-21(26-23)22(28)24-15-20-12-8-9-17(2)13-20/h5-14H,4,15-16H2,1-3H3,(H,24,28). The Morgan fingerprint density at radius 1 is 0.964 bits per heavy atom. The van der Waals surface area contributed by atoms with E-state index in [0.29, 0.717) is 24.7 Å². The minimum absolute atomic E-state index is 0.191. The second-order valence-electron chi connectivity index (χ2n) is 6.87. The van der Waals surface area contributed by atoms with Crippen molar-refractivity contribution in [1.29, 1.82) is 0 Å². The summed E-state index contributed by atoms with van der Waals surface area (Å²) in [6.45, 7) is 7.91. The maximum Gasteiger partial charge on any atom is 0.270 e. The fourth-order valence-electron chi connectivity index (χ4n) is 3.03. The van der Waals surface area contributed by atoms with E-state index in [0.717, 1.165) is 17.8 Å². The molecule has 2 aromatic carbocycles. The molecule has 0 unspecified atom stereocenters. The second kappa shape index (κ2) is 9.13. The molecule has 1 amide bonds. The van der Waals surface area contributed by atoms with Crippen LogP contribution in [-0.4, -0.2) is 22.4 Å². The summed E-state index contributed by atoms with van der Waals surface area (Å²) in [4.78, 5) is 23.8. The van der Waals surface area contributed by atoms with E-state index in [4.69, 9.17) is 0 Å². The monoisotopic (exact) mass is 374 g/mol. The quantitative estimate of drug-likeness (QED) is 0.678. The van der Waals surface area contributed by atoms with Crippen molar-refractivity contribution in [2.45, 2.75) is 33.9 Å². The lowest BCUT2D eigenvalue weighted by molar-refractivity contribution is 0.0945. The Balaban J connectivity index is 1.75. The Morgan fingerprint density at radius 3 is 2.43 bits per heavy atom. The zero-order valence-corrected chi connectivity index (χ0v) is 16.6. The Kier molecular flexibility index (Phi) is 6.37. The Bertz CT molecular complexity index is 940. The highest BCUT2D eigenvalue weighted by molar-refractivity contribution is 5.92. The molecule has 0 spiro atoms. The van der Waals surface area contributed by atoms with Crippen LogP contribution >= 0.6 is 0 Å². The molecule has 5 heteroatoms. The number of nitrogens with one attached hydrogen (secondary N) is 1. The van der Waals surface area contributed by atoms with Crippen molar-refractivity contribution >= 4 is 11.9 Å². The first-order valence-electron chi connectivity index (χ1n) is 9.53. The van der Waals surface area contributed by atoms with Gasteiger partial charge in [0.25, 0.3) is 5.91 Å². The molecule has 0 saturated heterocycles. The molecule has 1 N–H and O–H groups in total. The number of nitrogens with zero attached hydrogens (tertiary/aromatic N) is 3. The molecule has 0 fully saturated rings. The average molecular weight is 374 g/mol. The zero-order chi connectivity index (χ0) is 19.9. The third-order valence-corrected chi connectivity index (χ3v) is 4.49. The summed E-state index contributed by atoms with van der Waals surface area (Å²) >= 11 is 0. The molecule has 3 rings (SSSR count). The highest BCUT2D eigenvalue weighted by Crippen LogP contribution is 2.14. The maximum absolute atomic E-state index is 12.7. The first-order chi connectivity index (χ1) is 13.5. The fraction of sp³-hybridized carbons (Fsp3) is 0.261. The van der Waals surface area contributed by atoms with Gasteiger partial charge < -0.3 is 10.2 Å². The molecular formula is C23H26N4O. The number of aryl methyl sites for hydroxylation is 2. The van der Waals surface area contributed by atoms with Crippen LogP contribution in [0, 0.1) is 13.8 Å².